The molecule has 0 saturated carbocycles. The predicted molar refractivity (Wildman–Crippen MR) is 110 cm³/mol. The average Bonchev–Trinajstić information content (AvgIpc) is 3.27. The summed E-state index contributed by atoms with van der Waals surface area (Å²) in [6, 6.07) is 18.1. The first-order chi connectivity index (χ1) is 12.6. The SMILES string of the molecule is CCCCC1=[C-]CC=C1.C[C](C)=[Ti+2].[Cl-].[Cl-].[c-]1cccc2c1Cc1ccccc1-2. The maximum atomic E-state index is 3.30. The molecule has 4 rings (SSSR count). The molecule has 0 heterocycles. The topological polar surface area (TPSA) is 0 Å². The van der Waals surface area contributed by atoms with E-state index >= 15 is 0 Å². The Bertz CT molecular complexity index is 743. The van der Waals surface area contributed by atoms with Crippen molar-refractivity contribution < 1.29 is 44.8 Å². The van der Waals surface area contributed by atoms with Crippen molar-refractivity contribution >= 4 is 3.81 Å². The van der Waals surface area contributed by atoms with Crippen LogP contribution in [0.5, 0.6) is 0 Å². The van der Waals surface area contributed by atoms with Crippen LogP contribution < -0.4 is 24.8 Å². The van der Waals surface area contributed by atoms with E-state index in [2.05, 4.69) is 101 Å². The standard InChI is InChI=1S/C13H9.C9H13.C3H6.2ClH.Ti/c1-3-7-12-10(5-1)9-11-6-2-4-8-13(11)12;1-2-3-6-9-7-4-5-8-9;1-3-2;;;/h1-5,7-8H,9H2;4,7H,2-3,5-6H2,1H3;1-2H3;2*1H;/q2*-1;;;;+2/p-2. The molecule has 2 aliphatic carbocycles. The molecule has 0 unspecified atom stereocenters. The molecule has 28 heavy (non-hydrogen) atoms. The number of halogens is 2. The summed E-state index contributed by atoms with van der Waals surface area (Å²) >= 11 is 2.08. The first kappa shape index (κ1) is 27.1. The fraction of sp³-hybridized carbons (Fsp3) is 0.320. The summed E-state index contributed by atoms with van der Waals surface area (Å²) in [5, 5.41) is 0. The van der Waals surface area contributed by atoms with E-state index in [-0.39, 0.29) is 24.8 Å². The number of allylic oxidation sites excluding steroid dienone is 4. The molecule has 2 aliphatic rings. The van der Waals surface area contributed by atoms with E-state index in [1.54, 1.807) is 0 Å². The van der Waals surface area contributed by atoms with Gasteiger partial charge >= 0.3 is 37.6 Å². The van der Waals surface area contributed by atoms with Crippen molar-refractivity contribution in [3.8, 4) is 11.1 Å². The molecule has 3 heteroatoms. The third kappa shape index (κ3) is 9.06. The van der Waals surface area contributed by atoms with Crippen LogP contribution in [0.3, 0.4) is 0 Å². The maximum absolute atomic E-state index is 3.30. The van der Waals surface area contributed by atoms with Crippen LogP contribution in [-0.2, 0) is 26.4 Å². The van der Waals surface area contributed by atoms with Crippen LogP contribution in [0.15, 0.2) is 60.2 Å². The molecule has 0 amide bonds. The van der Waals surface area contributed by atoms with Gasteiger partial charge in [-0.05, 0) is 6.42 Å². The molecule has 0 aliphatic heterocycles. The molecule has 2 aromatic rings. The molecule has 0 spiro atoms. The van der Waals surface area contributed by atoms with Gasteiger partial charge in [-0.15, -0.1) is 12.0 Å². The van der Waals surface area contributed by atoms with Gasteiger partial charge in [0.25, 0.3) is 0 Å². The second-order valence-corrected chi connectivity index (χ2v) is 8.37. The molecule has 0 atom stereocenters. The van der Waals surface area contributed by atoms with Gasteiger partial charge in [-0.1, -0.05) is 61.6 Å². The molecular weight excluding hydrogens is 419 g/mol. The van der Waals surface area contributed by atoms with Gasteiger partial charge in [0.05, 0.1) is 0 Å². The first-order valence-electron chi connectivity index (χ1n) is 9.47. The summed E-state index contributed by atoms with van der Waals surface area (Å²) in [5.74, 6) is 0. The quantitative estimate of drug-likeness (QED) is 0.410. The fourth-order valence-corrected chi connectivity index (χ4v) is 2.99. The van der Waals surface area contributed by atoms with Crippen LogP contribution in [-0.4, -0.2) is 3.81 Å². The Balaban J connectivity index is 0.000000432. The predicted octanol–water partition coefficient (Wildman–Crippen LogP) is 0.677. The first-order valence-corrected chi connectivity index (χ1v) is 10.3. The number of hydrogen-bond acceptors (Lipinski definition) is 0. The van der Waals surface area contributed by atoms with Crippen molar-refractivity contribution in [1.82, 2.24) is 0 Å². The number of hydrogen-bond donors (Lipinski definition) is 0. The molecule has 0 nitrogen and oxygen atoms in total. The van der Waals surface area contributed by atoms with Crippen molar-refractivity contribution in [1.29, 1.82) is 0 Å². The largest absolute Gasteiger partial charge is 1.00 e. The summed E-state index contributed by atoms with van der Waals surface area (Å²) < 4.78 is 1.42. The van der Waals surface area contributed by atoms with Crippen LogP contribution in [0.25, 0.3) is 11.1 Å². The van der Waals surface area contributed by atoms with Crippen molar-refractivity contribution in [3.05, 3.63) is 83.5 Å². The van der Waals surface area contributed by atoms with E-state index in [0.717, 1.165) is 12.8 Å². The Labute approximate surface area is 195 Å². The number of rotatable bonds is 3. The minimum Gasteiger partial charge on any atom is -1.00 e. The molecule has 0 N–H and O–H groups in total. The third-order valence-electron chi connectivity index (χ3n) is 4.18. The molecule has 0 fully saturated rings. The van der Waals surface area contributed by atoms with Crippen LogP contribution in [0.4, 0.5) is 0 Å². The van der Waals surface area contributed by atoms with Crippen molar-refractivity contribution in [2.24, 2.45) is 0 Å². The summed E-state index contributed by atoms with van der Waals surface area (Å²) in [4.78, 5) is 0. The fourth-order valence-electron chi connectivity index (χ4n) is 2.99. The summed E-state index contributed by atoms with van der Waals surface area (Å²) in [6.45, 7) is 6.39. The average molecular weight is 447 g/mol. The van der Waals surface area contributed by atoms with E-state index in [9.17, 15) is 0 Å². The van der Waals surface area contributed by atoms with Gasteiger partial charge < -0.3 is 24.8 Å². The van der Waals surface area contributed by atoms with Crippen molar-refractivity contribution in [3.63, 3.8) is 0 Å². The van der Waals surface area contributed by atoms with Gasteiger partial charge in [0.15, 0.2) is 0 Å². The number of fused-ring (bicyclic) bond motifs is 3. The Kier molecular flexibility index (Phi) is 14.5. The zero-order valence-corrected chi connectivity index (χ0v) is 20.1. The van der Waals surface area contributed by atoms with Crippen LogP contribution in [0.1, 0.15) is 57.6 Å². The van der Waals surface area contributed by atoms with E-state index in [1.807, 2.05) is 6.07 Å². The zero-order chi connectivity index (χ0) is 18.8. The van der Waals surface area contributed by atoms with E-state index in [1.165, 1.54) is 50.9 Å². The van der Waals surface area contributed by atoms with Crippen LogP contribution >= 0.6 is 0 Å². The van der Waals surface area contributed by atoms with Crippen LogP contribution in [0.2, 0.25) is 0 Å². The Morgan fingerprint density at radius 2 is 1.71 bits per heavy atom. The van der Waals surface area contributed by atoms with Gasteiger partial charge in [-0.25, -0.2) is 11.6 Å². The maximum Gasteiger partial charge on any atom is -0.0253 e. The summed E-state index contributed by atoms with van der Waals surface area (Å²) in [5.41, 5.74) is 6.92. The minimum atomic E-state index is 0. The van der Waals surface area contributed by atoms with Crippen molar-refractivity contribution in [2.45, 2.75) is 52.9 Å². The normalized spacial score (nSPS) is 12.0. The van der Waals surface area contributed by atoms with Gasteiger partial charge in [-0.3, -0.25) is 6.08 Å². The van der Waals surface area contributed by atoms with Crippen molar-refractivity contribution in [2.75, 3.05) is 0 Å². The molecule has 148 valence electrons. The number of unbranched alkanes of at least 4 members (excludes halogenated alkanes) is 1. The minimum absolute atomic E-state index is 0. The van der Waals surface area contributed by atoms with Crippen LogP contribution in [0, 0.1) is 12.1 Å². The second kappa shape index (κ2) is 15.0. The van der Waals surface area contributed by atoms with Gasteiger partial charge in [0.1, 0.15) is 0 Å². The second-order valence-electron chi connectivity index (χ2n) is 6.81. The number of benzene rings is 2. The smallest absolute Gasteiger partial charge is 0.0253 e. The Morgan fingerprint density at radius 1 is 1.04 bits per heavy atom. The third-order valence-corrected chi connectivity index (χ3v) is 4.18. The summed E-state index contributed by atoms with van der Waals surface area (Å²) in [7, 11) is 0. The Morgan fingerprint density at radius 3 is 2.36 bits per heavy atom. The molecule has 0 aromatic heterocycles. The van der Waals surface area contributed by atoms with E-state index in [4.69, 9.17) is 0 Å². The molecule has 0 bridgehead atoms. The molecule has 0 radical (unpaired) electrons. The monoisotopic (exact) mass is 446 g/mol. The van der Waals surface area contributed by atoms with Gasteiger partial charge in [-0.2, -0.15) is 35.9 Å². The molecule has 2 aromatic carbocycles. The Hall–Kier alpha value is -0.916. The van der Waals surface area contributed by atoms with Gasteiger partial charge in [0, 0.05) is 0 Å². The summed E-state index contributed by atoms with van der Waals surface area (Å²) in [6.07, 6.45) is 13.6. The zero-order valence-electron chi connectivity index (χ0n) is 17.0. The molecular formula is C25H28Cl2Ti-2. The van der Waals surface area contributed by atoms with E-state index < -0.39 is 0 Å². The van der Waals surface area contributed by atoms with E-state index in [0.29, 0.717) is 0 Å². The molecule has 0 saturated heterocycles. The van der Waals surface area contributed by atoms with Gasteiger partial charge in [0.2, 0.25) is 0 Å².